The normalized spacial score (nSPS) is 18.9. The first kappa shape index (κ1) is 19.8. The van der Waals surface area contributed by atoms with Crippen LogP contribution in [0.1, 0.15) is 47.8 Å². The fourth-order valence-corrected chi connectivity index (χ4v) is 4.08. The highest BCUT2D eigenvalue weighted by atomic mass is 16.2. The van der Waals surface area contributed by atoms with Crippen molar-refractivity contribution in [2.24, 2.45) is 0 Å². The van der Waals surface area contributed by atoms with Gasteiger partial charge in [-0.25, -0.2) is 0 Å². The van der Waals surface area contributed by atoms with E-state index in [0.29, 0.717) is 36.2 Å². The van der Waals surface area contributed by atoms with Gasteiger partial charge in [-0.05, 0) is 49.6 Å². The Morgan fingerprint density at radius 1 is 1.13 bits per heavy atom. The molecule has 2 N–H and O–H groups in total. The van der Waals surface area contributed by atoms with Crippen LogP contribution in [0.2, 0.25) is 0 Å². The van der Waals surface area contributed by atoms with Gasteiger partial charge < -0.3 is 5.32 Å². The van der Waals surface area contributed by atoms with Gasteiger partial charge in [-0.2, -0.15) is 0 Å². The molecule has 1 aromatic heterocycles. The molecule has 1 saturated heterocycles. The lowest BCUT2D eigenvalue weighted by atomic mass is 9.72. The molecule has 0 bridgehead atoms. The van der Waals surface area contributed by atoms with E-state index in [-0.39, 0.29) is 17.7 Å². The number of aromatic nitrogens is 1. The van der Waals surface area contributed by atoms with Crippen LogP contribution in [0.4, 0.5) is 5.69 Å². The molecule has 6 heteroatoms. The van der Waals surface area contributed by atoms with Gasteiger partial charge in [0.25, 0.3) is 5.91 Å². The van der Waals surface area contributed by atoms with Crippen LogP contribution in [0.5, 0.6) is 0 Å². The highest BCUT2D eigenvalue weighted by Gasteiger charge is 2.42. The Balaban J connectivity index is 1.56. The van der Waals surface area contributed by atoms with Crippen molar-refractivity contribution in [3.05, 3.63) is 71.4 Å². The Kier molecular flexibility index (Phi) is 5.08. The number of hydrogen-bond donors (Lipinski definition) is 2. The molecule has 1 aliphatic heterocycles. The van der Waals surface area contributed by atoms with Crippen molar-refractivity contribution in [2.45, 2.75) is 38.5 Å². The number of pyridine rings is 1. The molecule has 0 saturated carbocycles. The largest absolute Gasteiger partial charge is 0.322 e. The van der Waals surface area contributed by atoms with Crippen molar-refractivity contribution in [3.8, 4) is 0 Å². The molecule has 1 aliphatic rings. The summed E-state index contributed by atoms with van der Waals surface area (Å²) in [5.74, 6) is -0.715. The van der Waals surface area contributed by atoms with Gasteiger partial charge in [0.2, 0.25) is 11.8 Å². The number of imide groups is 1. The Morgan fingerprint density at radius 3 is 2.57 bits per heavy atom. The van der Waals surface area contributed by atoms with Gasteiger partial charge >= 0.3 is 0 Å². The number of amides is 3. The molecule has 1 atom stereocenters. The maximum Gasteiger partial charge on any atom is 0.257 e. The summed E-state index contributed by atoms with van der Waals surface area (Å²) in [5.41, 5.74) is 2.80. The lowest BCUT2D eigenvalue weighted by molar-refractivity contribution is -0.138. The molecule has 2 heterocycles. The van der Waals surface area contributed by atoms with Crippen molar-refractivity contribution >= 4 is 34.3 Å². The zero-order valence-corrected chi connectivity index (χ0v) is 17.0. The molecule has 6 nitrogen and oxygen atoms in total. The van der Waals surface area contributed by atoms with Crippen molar-refractivity contribution in [1.29, 1.82) is 0 Å². The van der Waals surface area contributed by atoms with Gasteiger partial charge in [0.15, 0.2) is 0 Å². The lowest BCUT2D eigenvalue weighted by Crippen LogP contribution is -2.51. The second-order valence-corrected chi connectivity index (χ2v) is 7.66. The summed E-state index contributed by atoms with van der Waals surface area (Å²) in [6.07, 6.45) is 1.41. The van der Waals surface area contributed by atoms with E-state index in [1.54, 1.807) is 12.1 Å². The summed E-state index contributed by atoms with van der Waals surface area (Å²) >= 11 is 0. The fourth-order valence-electron chi connectivity index (χ4n) is 4.08. The highest BCUT2D eigenvalue weighted by molar-refractivity contribution is 6.07. The Bertz CT molecular complexity index is 1150. The Labute approximate surface area is 174 Å². The van der Waals surface area contributed by atoms with Gasteiger partial charge in [0.1, 0.15) is 0 Å². The van der Waals surface area contributed by atoms with Gasteiger partial charge in [-0.3, -0.25) is 24.7 Å². The van der Waals surface area contributed by atoms with Crippen molar-refractivity contribution in [3.63, 3.8) is 0 Å². The molecule has 2 aromatic carbocycles. The standard InChI is InChI=1S/C24H23N3O3/c1-3-24(13-12-21(28)27-23(24)30)17-8-10-18(11-9-17)26-22(29)19-14-16-6-4-5-7-20(16)25-15(19)2/h4-11,14H,3,12-13H2,1-2H3,(H,26,29)(H,27,28,30). The number of anilines is 1. The molecule has 3 aromatic rings. The molecule has 0 radical (unpaired) electrons. The number of piperidine rings is 1. The number of fused-ring (bicyclic) bond motifs is 1. The van der Waals surface area contributed by atoms with E-state index in [0.717, 1.165) is 16.5 Å². The number of para-hydroxylation sites is 1. The number of benzene rings is 2. The quantitative estimate of drug-likeness (QED) is 0.650. The third-order valence-electron chi connectivity index (χ3n) is 5.92. The van der Waals surface area contributed by atoms with Crippen molar-refractivity contribution < 1.29 is 14.4 Å². The van der Waals surface area contributed by atoms with Crippen LogP contribution in [0, 0.1) is 6.92 Å². The smallest absolute Gasteiger partial charge is 0.257 e. The summed E-state index contributed by atoms with van der Waals surface area (Å²) in [6, 6.07) is 16.8. The first-order valence-corrected chi connectivity index (χ1v) is 10.1. The predicted molar refractivity (Wildman–Crippen MR) is 115 cm³/mol. The molecular weight excluding hydrogens is 378 g/mol. The van der Waals surface area contributed by atoms with E-state index in [1.165, 1.54) is 0 Å². The number of nitrogens with one attached hydrogen (secondary N) is 2. The van der Waals surface area contributed by atoms with Crippen molar-refractivity contribution in [1.82, 2.24) is 10.3 Å². The maximum absolute atomic E-state index is 12.8. The van der Waals surface area contributed by atoms with Gasteiger partial charge in [-0.1, -0.05) is 37.3 Å². The molecule has 0 spiro atoms. The van der Waals surface area contributed by atoms with E-state index in [1.807, 2.05) is 56.3 Å². The van der Waals surface area contributed by atoms with E-state index >= 15 is 0 Å². The van der Waals surface area contributed by atoms with Crippen LogP contribution in [0.25, 0.3) is 10.9 Å². The Morgan fingerprint density at radius 2 is 1.87 bits per heavy atom. The minimum Gasteiger partial charge on any atom is -0.322 e. The SMILES string of the molecule is CCC1(c2ccc(NC(=O)c3cc4ccccc4nc3C)cc2)CCC(=O)NC1=O. The summed E-state index contributed by atoms with van der Waals surface area (Å²) in [5, 5.41) is 6.27. The third kappa shape index (κ3) is 3.45. The zero-order valence-electron chi connectivity index (χ0n) is 17.0. The van der Waals surface area contributed by atoms with Crippen LogP contribution in [0.15, 0.2) is 54.6 Å². The van der Waals surface area contributed by atoms with Crippen LogP contribution >= 0.6 is 0 Å². The minimum atomic E-state index is -0.713. The van der Waals surface area contributed by atoms with Crippen LogP contribution in [-0.2, 0) is 15.0 Å². The molecule has 1 fully saturated rings. The zero-order chi connectivity index (χ0) is 21.3. The second kappa shape index (κ2) is 7.71. The summed E-state index contributed by atoms with van der Waals surface area (Å²) in [6.45, 7) is 3.76. The summed E-state index contributed by atoms with van der Waals surface area (Å²) in [4.78, 5) is 41.4. The number of hydrogen-bond acceptors (Lipinski definition) is 4. The molecule has 1 unspecified atom stereocenters. The Hall–Kier alpha value is -3.54. The van der Waals surface area contributed by atoms with Gasteiger partial charge in [0.05, 0.1) is 22.2 Å². The summed E-state index contributed by atoms with van der Waals surface area (Å²) < 4.78 is 0. The molecule has 152 valence electrons. The van der Waals surface area contributed by atoms with E-state index in [2.05, 4.69) is 15.6 Å². The van der Waals surface area contributed by atoms with Crippen LogP contribution in [-0.4, -0.2) is 22.7 Å². The number of nitrogens with zero attached hydrogens (tertiary/aromatic N) is 1. The molecule has 0 aliphatic carbocycles. The monoisotopic (exact) mass is 401 g/mol. The topological polar surface area (TPSA) is 88.2 Å². The average Bonchev–Trinajstić information content (AvgIpc) is 2.74. The maximum atomic E-state index is 12.8. The van der Waals surface area contributed by atoms with Crippen molar-refractivity contribution in [2.75, 3.05) is 5.32 Å². The number of aryl methyl sites for hydroxylation is 1. The average molecular weight is 401 g/mol. The second-order valence-electron chi connectivity index (χ2n) is 7.66. The predicted octanol–water partition coefficient (Wildman–Crippen LogP) is 3.88. The molecule has 4 rings (SSSR count). The van der Waals surface area contributed by atoms with Crippen LogP contribution in [0.3, 0.4) is 0 Å². The highest BCUT2D eigenvalue weighted by Crippen LogP contribution is 2.36. The molecule has 3 amide bonds. The minimum absolute atomic E-state index is 0.229. The third-order valence-corrected chi connectivity index (χ3v) is 5.92. The number of rotatable bonds is 4. The first-order valence-electron chi connectivity index (χ1n) is 10.1. The lowest BCUT2D eigenvalue weighted by Gasteiger charge is -2.35. The van der Waals surface area contributed by atoms with Gasteiger partial charge in [-0.15, -0.1) is 0 Å². The van der Waals surface area contributed by atoms with E-state index < -0.39 is 5.41 Å². The first-order chi connectivity index (χ1) is 14.4. The number of carbonyl (C=O) groups excluding carboxylic acids is 3. The van der Waals surface area contributed by atoms with Gasteiger partial charge in [0, 0.05) is 17.5 Å². The van der Waals surface area contributed by atoms with E-state index in [9.17, 15) is 14.4 Å². The number of carbonyl (C=O) groups is 3. The summed E-state index contributed by atoms with van der Waals surface area (Å²) in [7, 11) is 0. The molecular formula is C24H23N3O3. The van der Waals surface area contributed by atoms with E-state index in [4.69, 9.17) is 0 Å². The van der Waals surface area contributed by atoms with Crippen LogP contribution < -0.4 is 10.6 Å². The molecule has 30 heavy (non-hydrogen) atoms. The fraction of sp³-hybridized carbons (Fsp3) is 0.250.